The van der Waals surface area contributed by atoms with Gasteiger partial charge >= 0.3 is 6.03 Å². The maximum Gasteiger partial charge on any atom is 0.317 e. The Hall–Kier alpha value is -2.77. The van der Waals surface area contributed by atoms with Crippen LogP contribution in [0.3, 0.4) is 0 Å². The first-order valence-corrected chi connectivity index (χ1v) is 13.5. The average molecular weight is 490 g/mol. The number of amides is 2. The lowest BCUT2D eigenvalue weighted by Crippen LogP contribution is -2.78. The van der Waals surface area contributed by atoms with Gasteiger partial charge in [-0.1, -0.05) is 36.4 Å². The Balaban J connectivity index is 1.23. The summed E-state index contributed by atoms with van der Waals surface area (Å²) in [6, 6.07) is 13.3. The van der Waals surface area contributed by atoms with E-state index in [9.17, 15) is 15.0 Å². The number of benzene rings is 2. The van der Waals surface area contributed by atoms with Crippen LogP contribution in [0.4, 0.5) is 4.79 Å². The number of carbonyl (C=O) groups excluding carboxylic acids is 1. The maximum atomic E-state index is 13.3. The van der Waals surface area contributed by atoms with Crippen molar-refractivity contribution in [1.29, 1.82) is 0 Å². The summed E-state index contributed by atoms with van der Waals surface area (Å²) in [4.78, 5) is 17.6. The molecule has 3 N–H and O–H groups in total. The molecule has 3 fully saturated rings. The SMILES string of the molecule is CN(C(=O)NCc1ccccc1)[C@@H]1CC[C@@]2(O)[C@@H]3Cc4ccc(O)c5c4[C@@]2(CCN3CC2CC2)[C@H]1O5. The highest BCUT2D eigenvalue weighted by atomic mass is 16.5. The van der Waals surface area contributed by atoms with Crippen molar-refractivity contribution in [1.82, 2.24) is 15.1 Å². The molecule has 7 nitrogen and oxygen atoms in total. The molecule has 2 heterocycles. The van der Waals surface area contributed by atoms with Gasteiger partial charge in [0.05, 0.1) is 17.1 Å². The Morgan fingerprint density at radius 1 is 1.17 bits per heavy atom. The number of ether oxygens (including phenoxy) is 1. The third-order valence-electron chi connectivity index (χ3n) is 9.84. The lowest BCUT2D eigenvalue weighted by atomic mass is 9.48. The smallest absolute Gasteiger partial charge is 0.317 e. The van der Waals surface area contributed by atoms with Gasteiger partial charge in [-0.2, -0.15) is 0 Å². The number of hydrogen-bond acceptors (Lipinski definition) is 5. The molecule has 1 spiro atoms. The summed E-state index contributed by atoms with van der Waals surface area (Å²) in [5.74, 6) is 1.41. The number of likely N-dealkylation sites (N-methyl/N-ethyl adjacent to an activating group) is 1. The van der Waals surface area contributed by atoms with Crippen LogP contribution in [0.25, 0.3) is 0 Å². The van der Waals surface area contributed by atoms with E-state index in [0.29, 0.717) is 25.1 Å². The van der Waals surface area contributed by atoms with Gasteiger partial charge in [-0.25, -0.2) is 4.79 Å². The summed E-state index contributed by atoms with van der Waals surface area (Å²) in [5.41, 5.74) is 1.68. The van der Waals surface area contributed by atoms with Gasteiger partial charge in [0.2, 0.25) is 0 Å². The largest absolute Gasteiger partial charge is 0.504 e. The number of hydrogen-bond donors (Lipinski definition) is 3. The fourth-order valence-corrected chi connectivity index (χ4v) is 7.90. The van der Waals surface area contributed by atoms with Crippen LogP contribution in [-0.2, 0) is 18.4 Å². The Bertz CT molecular complexity index is 1200. The van der Waals surface area contributed by atoms with Crippen LogP contribution in [0.5, 0.6) is 11.5 Å². The summed E-state index contributed by atoms with van der Waals surface area (Å²) < 4.78 is 6.60. The van der Waals surface area contributed by atoms with Crippen molar-refractivity contribution in [3.63, 3.8) is 0 Å². The minimum atomic E-state index is -0.936. The molecular weight excluding hydrogens is 454 g/mol. The van der Waals surface area contributed by atoms with E-state index in [4.69, 9.17) is 4.74 Å². The number of nitrogens with one attached hydrogen (secondary N) is 1. The molecule has 2 aromatic rings. The predicted molar refractivity (Wildman–Crippen MR) is 135 cm³/mol. The fourth-order valence-electron chi connectivity index (χ4n) is 7.90. The second-order valence-electron chi connectivity index (χ2n) is 11.7. The van der Waals surface area contributed by atoms with Crippen LogP contribution in [0.15, 0.2) is 42.5 Å². The lowest BCUT2D eigenvalue weighted by molar-refractivity contribution is -0.197. The lowest BCUT2D eigenvalue weighted by Gasteiger charge is -2.64. The van der Waals surface area contributed by atoms with E-state index in [1.54, 1.807) is 11.0 Å². The molecule has 36 heavy (non-hydrogen) atoms. The second-order valence-corrected chi connectivity index (χ2v) is 11.7. The second kappa shape index (κ2) is 7.86. The monoisotopic (exact) mass is 489 g/mol. The molecule has 5 aliphatic rings. The highest BCUT2D eigenvalue weighted by Crippen LogP contribution is 2.66. The van der Waals surface area contributed by atoms with Crippen molar-refractivity contribution >= 4 is 6.03 Å². The van der Waals surface area contributed by atoms with Gasteiger partial charge in [-0.15, -0.1) is 0 Å². The molecule has 2 amide bonds. The van der Waals surface area contributed by atoms with Gasteiger partial charge in [0.25, 0.3) is 0 Å². The first-order chi connectivity index (χ1) is 17.4. The van der Waals surface area contributed by atoms with E-state index < -0.39 is 17.1 Å². The Morgan fingerprint density at radius 3 is 2.75 bits per heavy atom. The number of likely N-dealkylation sites (tertiary alicyclic amines) is 1. The first kappa shape index (κ1) is 22.4. The zero-order valence-electron chi connectivity index (χ0n) is 20.8. The predicted octanol–water partition coefficient (Wildman–Crippen LogP) is 3.17. The summed E-state index contributed by atoms with van der Waals surface area (Å²) in [6.07, 6.45) is 5.02. The van der Waals surface area contributed by atoms with E-state index in [-0.39, 0.29) is 23.9 Å². The third-order valence-corrected chi connectivity index (χ3v) is 9.84. The van der Waals surface area contributed by atoms with Crippen molar-refractivity contribution in [2.75, 3.05) is 20.1 Å². The topological polar surface area (TPSA) is 85.3 Å². The highest BCUT2D eigenvalue weighted by Gasteiger charge is 2.73. The van der Waals surface area contributed by atoms with Crippen molar-refractivity contribution in [3.05, 3.63) is 59.2 Å². The number of phenols is 1. The summed E-state index contributed by atoms with van der Waals surface area (Å²) in [5, 5.41) is 26.4. The number of carbonyl (C=O) groups is 1. The Labute approximate surface area is 212 Å². The van der Waals surface area contributed by atoms with Crippen LogP contribution < -0.4 is 10.1 Å². The van der Waals surface area contributed by atoms with E-state index >= 15 is 0 Å². The van der Waals surface area contributed by atoms with Gasteiger partial charge in [-0.05, 0) is 68.2 Å². The highest BCUT2D eigenvalue weighted by molar-refractivity contribution is 5.75. The number of rotatable bonds is 5. The van der Waals surface area contributed by atoms with Crippen molar-refractivity contribution in [2.45, 2.75) is 74.3 Å². The normalized spacial score (nSPS) is 34.0. The number of aromatic hydroxyl groups is 1. The van der Waals surface area contributed by atoms with E-state index in [2.05, 4.69) is 10.2 Å². The molecular formula is C29H35N3O4. The van der Waals surface area contributed by atoms with Gasteiger partial charge < -0.3 is 25.2 Å². The molecule has 190 valence electrons. The molecule has 5 atom stereocenters. The number of urea groups is 1. The molecule has 7 heteroatoms. The Kier molecular flexibility index (Phi) is 4.90. The zero-order valence-corrected chi connectivity index (χ0v) is 20.8. The number of nitrogens with zero attached hydrogens (tertiary/aromatic N) is 2. The van der Waals surface area contributed by atoms with Gasteiger partial charge in [0.1, 0.15) is 6.10 Å². The standard InChI is InChI=1S/C29H35N3O4/c1-31(27(34)30-16-18-5-3-2-4-6-18)21-11-12-29(35)23-15-20-9-10-22(33)25-24(20)28(29,26(21)36-25)13-14-32(23)17-19-7-8-19/h2-6,9-10,19,21,23,26,33,35H,7-8,11-17H2,1H3,(H,30,34)/t21-,23+,26+,28+,29-/m1/s1. The van der Waals surface area contributed by atoms with E-state index in [0.717, 1.165) is 43.0 Å². The average Bonchev–Trinajstić information content (AvgIpc) is 3.63. The zero-order chi connectivity index (χ0) is 24.7. The molecule has 0 aromatic heterocycles. The van der Waals surface area contributed by atoms with Crippen molar-refractivity contribution < 1.29 is 19.7 Å². The molecule has 7 rings (SSSR count). The van der Waals surface area contributed by atoms with Crippen LogP contribution in [0.2, 0.25) is 0 Å². The minimum Gasteiger partial charge on any atom is -0.504 e. The van der Waals surface area contributed by atoms with Gasteiger partial charge in [-0.3, -0.25) is 4.90 Å². The van der Waals surface area contributed by atoms with Gasteiger partial charge in [0, 0.05) is 31.7 Å². The quantitative estimate of drug-likeness (QED) is 0.601. The van der Waals surface area contributed by atoms with Crippen LogP contribution >= 0.6 is 0 Å². The van der Waals surface area contributed by atoms with Crippen LogP contribution in [0.1, 0.15) is 48.8 Å². The van der Waals surface area contributed by atoms with Gasteiger partial charge in [0.15, 0.2) is 11.5 Å². The number of aliphatic hydroxyl groups is 1. The van der Waals surface area contributed by atoms with Crippen molar-refractivity contribution in [3.8, 4) is 11.5 Å². The summed E-state index contributed by atoms with van der Waals surface area (Å²) in [7, 11) is 1.83. The molecule has 0 radical (unpaired) electrons. The van der Waals surface area contributed by atoms with Crippen LogP contribution in [0, 0.1) is 5.92 Å². The van der Waals surface area contributed by atoms with Crippen molar-refractivity contribution in [2.24, 2.45) is 5.92 Å². The third kappa shape index (κ3) is 3.02. The molecule has 2 aliphatic heterocycles. The Morgan fingerprint density at radius 2 is 1.97 bits per heavy atom. The molecule has 0 unspecified atom stereocenters. The van der Waals surface area contributed by atoms with Crippen LogP contribution in [-0.4, -0.2) is 70.0 Å². The van der Waals surface area contributed by atoms with E-state index in [1.807, 2.05) is 43.4 Å². The number of piperidine rings is 1. The number of phenolic OH excluding ortho intramolecular Hbond substituents is 1. The summed E-state index contributed by atoms with van der Waals surface area (Å²) in [6.45, 7) is 2.43. The molecule has 2 bridgehead atoms. The summed E-state index contributed by atoms with van der Waals surface area (Å²) >= 11 is 0. The minimum absolute atomic E-state index is 0.0408. The van der Waals surface area contributed by atoms with E-state index in [1.165, 1.54) is 18.4 Å². The molecule has 2 aromatic carbocycles. The first-order valence-electron chi connectivity index (χ1n) is 13.5. The molecule has 2 saturated carbocycles. The maximum absolute atomic E-state index is 13.3. The fraction of sp³-hybridized carbons (Fsp3) is 0.552. The molecule has 1 saturated heterocycles. The molecule has 3 aliphatic carbocycles.